The van der Waals surface area contributed by atoms with E-state index in [0.717, 1.165) is 18.7 Å². The first-order valence-electron chi connectivity index (χ1n) is 9.25. The fourth-order valence-electron chi connectivity index (χ4n) is 3.02. The third-order valence-electron chi connectivity index (χ3n) is 4.43. The summed E-state index contributed by atoms with van der Waals surface area (Å²) in [5.74, 6) is -0.906. The molecule has 140 valence electrons. The number of piperidine rings is 1. The Morgan fingerprint density at radius 3 is 2.37 bits per heavy atom. The number of ether oxygens (including phenoxy) is 1. The van der Waals surface area contributed by atoms with Crippen molar-refractivity contribution in [1.29, 1.82) is 0 Å². The van der Waals surface area contributed by atoms with E-state index in [4.69, 9.17) is 4.74 Å². The molecule has 5 heteroatoms. The Bertz CT molecular complexity index is 779. The zero-order valence-corrected chi connectivity index (χ0v) is 15.3. The normalized spacial score (nSPS) is 14.1. The van der Waals surface area contributed by atoms with Crippen LogP contribution >= 0.6 is 0 Å². The maximum absolute atomic E-state index is 12.0. The molecule has 2 aromatic carbocycles. The van der Waals surface area contributed by atoms with Crippen LogP contribution in [0.3, 0.4) is 0 Å². The number of nitrogens with zero attached hydrogens (tertiary/aromatic N) is 1. The van der Waals surface area contributed by atoms with E-state index in [1.165, 1.54) is 31.0 Å². The molecule has 1 saturated heterocycles. The van der Waals surface area contributed by atoms with Crippen molar-refractivity contribution in [2.45, 2.75) is 19.3 Å². The minimum atomic E-state index is -0.547. The van der Waals surface area contributed by atoms with Gasteiger partial charge in [0.05, 0.1) is 0 Å². The van der Waals surface area contributed by atoms with E-state index in [1.54, 1.807) is 6.08 Å². The second-order valence-corrected chi connectivity index (χ2v) is 6.49. The molecular weight excluding hydrogens is 340 g/mol. The van der Waals surface area contributed by atoms with Gasteiger partial charge in [0.2, 0.25) is 0 Å². The molecule has 1 amide bonds. The highest BCUT2D eigenvalue weighted by Crippen LogP contribution is 2.21. The summed E-state index contributed by atoms with van der Waals surface area (Å²) in [6.07, 6.45) is 6.71. The van der Waals surface area contributed by atoms with E-state index in [2.05, 4.69) is 10.2 Å². The van der Waals surface area contributed by atoms with Crippen LogP contribution in [0.5, 0.6) is 0 Å². The highest BCUT2D eigenvalue weighted by molar-refractivity contribution is 5.94. The third kappa shape index (κ3) is 5.99. The standard InChI is InChI=1S/C22H24N2O3/c25-21(17-27-22(26)14-9-18-7-3-1-4-8-18)23-19-10-12-20(13-11-19)24-15-5-2-6-16-24/h1,3-4,7-14H,2,5-6,15-17H2,(H,23,25)/b14-9+. The van der Waals surface area contributed by atoms with E-state index in [0.29, 0.717) is 5.69 Å². The predicted octanol–water partition coefficient (Wildman–Crippen LogP) is 3.87. The summed E-state index contributed by atoms with van der Waals surface area (Å²) >= 11 is 0. The maximum atomic E-state index is 12.0. The van der Waals surface area contributed by atoms with Gasteiger partial charge >= 0.3 is 5.97 Å². The molecule has 0 atom stereocenters. The van der Waals surface area contributed by atoms with Crippen LogP contribution in [0, 0.1) is 0 Å². The van der Waals surface area contributed by atoms with Gasteiger partial charge in [-0.25, -0.2) is 4.79 Å². The average Bonchev–Trinajstić information content (AvgIpc) is 2.73. The molecule has 2 aromatic rings. The van der Waals surface area contributed by atoms with E-state index < -0.39 is 5.97 Å². The van der Waals surface area contributed by atoms with Gasteiger partial charge in [-0.05, 0) is 55.2 Å². The lowest BCUT2D eigenvalue weighted by Crippen LogP contribution is -2.29. The summed E-state index contributed by atoms with van der Waals surface area (Å²) in [6.45, 7) is 1.85. The Morgan fingerprint density at radius 1 is 0.963 bits per heavy atom. The van der Waals surface area contributed by atoms with Gasteiger partial charge in [-0.3, -0.25) is 4.79 Å². The van der Waals surface area contributed by atoms with Crippen molar-refractivity contribution >= 4 is 29.3 Å². The molecule has 5 nitrogen and oxygen atoms in total. The largest absolute Gasteiger partial charge is 0.452 e. The minimum Gasteiger partial charge on any atom is -0.452 e. The molecule has 0 bridgehead atoms. The third-order valence-corrected chi connectivity index (χ3v) is 4.43. The van der Waals surface area contributed by atoms with Crippen molar-refractivity contribution < 1.29 is 14.3 Å². The van der Waals surface area contributed by atoms with Gasteiger partial charge in [-0.2, -0.15) is 0 Å². The molecule has 3 rings (SSSR count). The van der Waals surface area contributed by atoms with Gasteiger partial charge in [0.25, 0.3) is 5.91 Å². The molecule has 0 unspecified atom stereocenters. The Hall–Kier alpha value is -3.08. The number of amides is 1. The van der Waals surface area contributed by atoms with Crippen molar-refractivity contribution in [3.05, 3.63) is 66.2 Å². The second kappa shape index (κ2) is 9.57. The molecule has 27 heavy (non-hydrogen) atoms. The lowest BCUT2D eigenvalue weighted by Gasteiger charge is -2.28. The van der Waals surface area contributed by atoms with Crippen molar-refractivity contribution in [3.8, 4) is 0 Å². The van der Waals surface area contributed by atoms with Gasteiger partial charge in [0.15, 0.2) is 6.61 Å². The van der Waals surface area contributed by atoms with Crippen molar-refractivity contribution in [1.82, 2.24) is 0 Å². The van der Waals surface area contributed by atoms with E-state index in [1.807, 2.05) is 54.6 Å². The number of nitrogens with one attached hydrogen (secondary N) is 1. The fourth-order valence-corrected chi connectivity index (χ4v) is 3.02. The summed E-state index contributed by atoms with van der Waals surface area (Å²) in [5, 5.41) is 2.74. The Balaban J connectivity index is 1.43. The van der Waals surface area contributed by atoms with Crippen molar-refractivity contribution in [2.24, 2.45) is 0 Å². The molecule has 1 aliphatic heterocycles. The first kappa shape index (κ1) is 18.7. The van der Waals surface area contributed by atoms with E-state index >= 15 is 0 Å². The smallest absolute Gasteiger partial charge is 0.331 e. The van der Waals surface area contributed by atoms with Gasteiger partial charge in [-0.15, -0.1) is 0 Å². The van der Waals surface area contributed by atoms with E-state index in [-0.39, 0.29) is 12.5 Å². The molecule has 0 spiro atoms. The predicted molar refractivity (Wildman–Crippen MR) is 108 cm³/mol. The van der Waals surface area contributed by atoms with Crippen LogP contribution < -0.4 is 10.2 Å². The zero-order chi connectivity index (χ0) is 18.9. The molecule has 1 N–H and O–H groups in total. The second-order valence-electron chi connectivity index (χ2n) is 6.49. The highest BCUT2D eigenvalue weighted by atomic mass is 16.5. The Labute approximate surface area is 159 Å². The van der Waals surface area contributed by atoms with Gasteiger partial charge in [0.1, 0.15) is 0 Å². The number of hydrogen-bond acceptors (Lipinski definition) is 4. The van der Waals surface area contributed by atoms with Crippen molar-refractivity contribution in [2.75, 3.05) is 29.9 Å². The molecule has 0 aliphatic carbocycles. The lowest BCUT2D eigenvalue weighted by molar-refractivity contribution is -0.142. The number of esters is 1. The molecular formula is C22H24N2O3. The van der Waals surface area contributed by atoms with Crippen LogP contribution in [0.2, 0.25) is 0 Å². The average molecular weight is 364 g/mol. The number of rotatable bonds is 6. The number of carbonyl (C=O) groups is 2. The minimum absolute atomic E-state index is 0.314. The monoisotopic (exact) mass is 364 g/mol. The first-order valence-corrected chi connectivity index (χ1v) is 9.25. The summed E-state index contributed by atoms with van der Waals surface area (Å²) in [7, 11) is 0. The van der Waals surface area contributed by atoms with Crippen LogP contribution in [0.4, 0.5) is 11.4 Å². The lowest BCUT2D eigenvalue weighted by atomic mass is 10.1. The summed E-state index contributed by atoms with van der Waals surface area (Å²) < 4.78 is 4.97. The first-order chi connectivity index (χ1) is 13.2. The van der Waals surface area contributed by atoms with Crippen LogP contribution in [-0.2, 0) is 14.3 Å². The van der Waals surface area contributed by atoms with Gasteiger partial charge in [-0.1, -0.05) is 30.3 Å². The summed E-state index contributed by atoms with van der Waals surface area (Å²) in [4.78, 5) is 26.0. The molecule has 0 aromatic heterocycles. The molecule has 1 aliphatic rings. The summed E-state index contributed by atoms with van der Waals surface area (Å²) in [5.41, 5.74) is 2.76. The van der Waals surface area contributed by atoms with E-state index in [9.17, 15) is 9.59 Å². The SMILES string of the molecule is O=C(COC(=O)/C=C/c1ccccc1)Nc1ccc(N2CCCCC2)cc1. The van der Waals surface area contributed by atoms with Crippen LogP contribution in [-0.4, -0.2) is 31.6 Å². The quantitative estimate of drug-likeness (QED) is 0.624. The fraction of sp³-hybridized carbons (Fsp3) is 0.273. The topological polar surface area (TPSA) is 58.6 Å². The molecule has 0 saturated carbocycles. The molecule has 1 heterocycles. The maximum Gasteiger partial charge on any atom is 0.331 e. The number of benzene rings is 2. The van der Waals surface area contributed by atoms with Crippen LogP contribution in [0.1, 0.15) is 24.8 Å². The number of hydrogen-bond donors (Lipinski definition) is 1. The van der Waals surface area contributed by atoms with Crippen LogP contribution in [0.25, 0.3) is 6.08 Å². The van der Waals surface area contributed by atoms with Gasteiger partial charge in [0, 0.05) is 30.5 Å². The highest BCUT2D eigenvalue weighted by Gasteiger charge is 2.11. The molecule has 0 radical (unpaired) electrons. The number of anilines is 2. The molecule has 1 fully saturated rings. The zero-order valence-electron chi connectivity index (χ0n) is 15.3. The number of carbonyl (C=O) groups excluding carboxylic acids is 2. The Morgan fingerprint density at radius 2 is 1.67 bits per heavy atom. The van der Waals surface area contributed by atoms with Crippen molar-refractivity contribution in [3.63, 3.8) is 0 Å². The van der Waals surface area contributed by atoms with Crippen LogP contribution in [0.15, 0.2) is 60.7 Å². The summed E-state index contributed by atoms with van der Waals surface area (Å²) in [6, 6.07) is 17.2. The Kier molecular flexibility index (Phi) is 6.63. The van der Waals surface area contributed by atoms with Gasteiger partial charge < -0.3 is 15.0 Å².